The van der Waals surface area contributed by atoms with Crippen molar-refractivity contribution in [2.75, 3.05) is 0 Å². The van der Waals surface area contributed by atoms with Gasteiger partial charge in [-0.1, -0.05) is 51.2 Å². The van der Waals surface area contributed by atoms with Gasteiger partial charge in [-0.2, -0.15) is 0 Å². The Kier molecular flexibility index (Phi) is 4.48. The minimum atomic E-state index is -0.554. The summed E-state index contributed by atoms with van der Waals surface area (Å²) in [5.41, 5.74) is 2.08. The van der Waals surface area contributed by atoms with Gasteiger partial charge >= 0.3 is 5.97 Å². The van der Waals surface area contributed by atoms with Gasteiger partial charge in [0.1, 0.15) is 6.10 Å². The molecule has 0 saturated heterocycles. The van der Waals surface area contributed by atoms with Crippen LogP contribution in [0.5, 0.6) is 0 Å². The third-order valence-corrected chi connectivity index (χ3v) is 4.43. The predicted molar refractivity (Wildman–Crippen MR) is 79.0 cm³/mol. The second kappa shape index (κ2) is 5.96. The van der Waals surface area contributed by atoms with Gasteiger partial charge in [-0.15, -0.1) is 0 Å². The van der Waals surface area contributed by atoms with Crippen molar-refractivity contribution in [2.45, 2.75) is 45.8 Å². The highest BCUT2D eigenvalue weighted by Crippen LogP contribution is 2.40. The first-order chi connectivity index (χ1) is 9.43. The van der Waals surface area contributed by atoms with Gasteiger partial charge in [0.2, 0.25) is 0 Å². The molecule has 3 nitrogen and oxygen atoms in total. The van der Waals surface area contributed by atoms with E-state index < -0.39 is 6.10 Å². The lowest BCUT2D eigenvalue weighted by atomic mass is 9.72. The number of ether oxygens (including phenoxy) is 1. The molecule has 2 aliphatic carbocycles. The summed E-state index contributed by atoms with van der Waals surface area (Å²) in [5.74, 6) is 0.0101. The van der Waals surface area contributed by atoms with Gasteiger partial charge < -0.3 is 9.84 Å². The molecular formula is C17H24O3. The van der Waals surface area contributed by atoms with Gasteiger partial charge in [0.05, 0.1) is 12.0 Å². The summed E-state index contributed by atoms with van der Waals surface area (Å²) in [7, 11) is 0. The highest BCUT2D eigenvalue weighted by Gasteiger charge is 2.38. The van der Waals surface area contributed by atoms with Crippen LogP contribution in [0.15, 0.2) is 36.0 Å². The normalized spacial score (nSPS) is 34.2. The molecule has 0 heterocycles. The zero-order valence-corrected chi connectivity index (χ0v) is 12.5. The molecule has 0 aromatic heterocycles. The summed E-state index contributed by atoms with van der Waals surface area (Å²) in [6, 6.07) is 0. The highest BCUT2D eigenvalue weighted by atomic mass is 16.5. The molecule has 0 aromatic carbocycles. The number of aliphatic hydroxyl groups excluding tert-OH is 1. The average molecular weight is 276 g/mol. The first kappa shape index (κ1) is 15.0. The molecule has 0 amide bonds. The molecule has 0 radical (unpaired) electrons. The molecule has 2 rings (SSSR count). The Bertz CT molecular complexity index is 461. The highest BCUT2D eigenvalue weighted by molar-refractivity contribution is 5.72. The van der Waals surface area contributed by atoms with E-state index in [0.29, 0.717) is 6.42 Å². The molecule has 0 aliphatic heterocycles. The Labute approximate surface area is 121 Å². The van der Waals surface area contributed by atoms with Crippen LogP contribution in [0.3, 0.4) is 0 Å². The van der Waals surface area contributed by atoms with E-state index >= 15 is 0 Å². The summed E-state index contributed by atoms with van der Waals surface area (Å²) in [4.78, 5) is 12.0. The van der Waals surface area contributed by atoms with Gasteiger partial charge in [-0.25, -0.2) is 0 Å². The molecule has 1 unspecified atom stereocenters. The van der Waals surface area contributed by atoms with E-state index in [1.165, 1.54) is 0 Å². The average Bonchev–Trinajstić information content (AvgIpc) is 2.41. The van der Waals surface area contributed by atoms with Crippen molar-refractivity contribution in [3.05, 3.63) is 36.0 Å². The molecular weight excluding hydrogens is 252 g/mol. The second-order valence-corrected chi connectivity index (χ2v) is 5.95. The van der Waals surface area contributed by atoms with Crippen LogP contribution in [0.25, 0.3) is 0 Å². The van der Waals surface area contributed by atoms with E-state index in [1.807, 2.05) is 26.0 Å². The zero-order valence-electron chi connectivity index (χ0n) is 12.5. The maximum absolute atomic E-state index is 12.0. The molecule has 5 atom stereocenters. The smallest absolute Gasteiger partial charge is 0.308 e. The number of rotatable bonds is 3. The van der Waals surface area contributed by atoms with Gasteiger partial charge in [-0.3, -0.25) is 4.79 Å². The van der Waals surface area contributed by atoms with Gasteiger partial charge in [0, 0.05) is 12.3 Å². The van der Waals surface area contributed by atoms with Crippen molar-refractivity contribution in [1.29, 1.82) is 0 Å². The van der Waals surface area contributed by atoms with Crippen molar-refractivity contribution in [3.63, 3.8) is 0 Å². The van der Waals surface area contributed by atoms with Crippen LogP contribution in [0.4, 0.5) is 0 Å². The molecule has 1 N–H and O–H groups in total. The third kappa shape index (κ3) is 2.88. The molecule has 0 saturated carbocycles. The SMILES string of the molecule is C=C1C2C(=C[C@H](O)C[C@@H]2OC(=O)[C@@H](C)CC)C=C[C@H]1C. The Balaban J connectivity index is 2.21. The van der Waals surface area contributed by atoms with Gasteiger partial charge in [0.15, 0.2) is 0 Å². The van der Waals surface area contributed by atoms with E-state index in [9.17, 15) is 9.90 Å². The molecule has 110 valence electrons. The molecule has 0 spiro atoms. The van der Waals surface area contributed by atoms with Crippen molar-refractivity contribution >= 4 is 5.97 Å². The number of fused-ring (bicyclic) bond motifs is 1. The predicted octanol–water partition coefficient (Wildman–Crippen LogP) is 3.01. The maximum Gasteiger partial charge on any atom is 0.308 e. The summed E-state index contributed by atoms with van der Waals surface area (Å²) in [5, 5.41) is 9.95. The summed E-state index contributed by atoms with van der Waals surface area (Å²) in [6.45, 7) is 10.1. The topological polar surface area (TPSA) is 46.5 Å². The quantitative estimate of drug-likeness (QED) is 0.636. The molecule has 3 heteroatoms. The Morgan fingerprint density at radius 2 is 2.30 bits per heavy atom. The summed E-state index contributed by atoms with van der Waals surface area (Å²) in [6.07, 6.45) is 6.32. The lowest BCUT2D eigenvalue weighted by Crippen LogP contribution is -2.39. The second-order valence-electron chi connectivity index (χ2n) is 5.95. The fourth-order valence-electron chi connectivity index (χ4n) is 2.81. The Morgan fingerprint density at radius 1 is 1.60 bits per heavy atom. The summed E-state index contributed by atoms with van der Waals surface area (Å²) < 4.78 is 5.67. The summed E-state index contributed by atoms with van der Waals surface area (Å²) >= 11 is 0. The van der Waals surface area contributed by atoms with Crippen LogP contribution in [0, 0.1) is 17.8 Å². The first-order valence-electron chi connectivity index (χ1n) is 7.41. The van der Waals surface area contributed by atoms with Crippen LogP contribution in [0.1, 0.15) is 33.6 Å². The molecule has 20 heavy (non-hydrogen) atoms. The fraction of sp³-hybridized carbons (Fsp3) is 0.588. The maximum atomic E-state index is 12.0. The molecule has 0 fully saturated rings. The number of hydrogen-bond donors (Lipinski definition) is 1. The minimum Gasteiger partial charge on any atom is -0.461 e. The largest absolute Gasteiger partial charge is 0.461 e. The number of hydrogen-bond acceptors (Lipinski definition) is 3. The number of aliphatic hydroxyl groups is 1. The lowest BCUT2D eigenvalue weighted by molar-refractivity contribution is -0.156. The van der Waals surface area contributed by atoms with Crippen molar-refractivity contribution < 1.29 is 14.6 Å². The zero-order chi connectivity index (χ0) is 14.9. The fourth-order valence-corrected chi connectivity index (χ4v) is 2.81. The van der Waals surface area contributed by atoms with E-state index in [0.717, 1.165) is 17.6 Å². The van der Waals surface area contributed by atoms with Crippen molar-refractivity contribution in [1.82, 2.24) is 0 Å². The number of carbonyl (C=O) groups is 1. The van der Waals surface area contributed by atoms with Crippen molar-refractivity contribution in [2.24, 2.45) is 17.8 Å². The van der Waals surface area contributed by atoms with Crippen LogP contribution in [-0.4, -0.2) is 23.3 Å². The van der Waals surface area contributed by atoms with E-state index in [-0.39, 0.29) is 29.8 Å². The monoisotopic (exact) mass is 276 g/mol. The Morgan fingerprint density at radius 3 is 2.95 bits per heavy atom. The van der Waals surface area contributed by atoms with Crippen LogP contribution in [0.2, 0.25) is 0 Å². The Hall–Kier alpha value is -1.35. The van der Waals surface area contributed by atoms with Crippen LogP contribution in [-0.2, 0) is 9.53 Å². The third-order valence-electron chi connectivity index (χ3n) is 4.43. The minimum absolute atomic E-state index is 0.0198. The van der Waals surface area contributed by atoms with Gasteiger partial charge in [0.25, 0.3) is 0 Å². The first-order valence-corrected chi connectivity index (χ1v) is 7.41. The number of esters is 1. The standard InChI is InChI=1S/C17H24O3/c1-5-10(2)17(19)20-15-9-14(18)8-13-7-6-11(3)12(4)16(13)15/h6-8,10-11,14-16,18H,4-5,9H2,1-3H3/t10-,11+,14-,15-,16?/m0/s1. The van der Waals surface area contributed by atoms with Gasteiger partial charge in [-0.05, 0) is 17.9 Å². The number of allylic oxidation sites excluding steroid dienone is 2. The lowest BCUT2D eigenvalue weighted by Gasteiger charge is -2.38. The molecule has 0 aromatic rings. The molecule has 0 bridgehead atoms. The van der Waals surface area contributed by atoms with Crippen molar-refractivity contribution in [3.8, 4) is 0 Å². The number of carbonyl (C=O) groups excluding carboxylic acids is 1. The van der Waals surface area contributed by atoms with E-state index in [1.54, 1.807) is 0 Å². The van der Waals surface area contributed by atoms with E-state index in [4.69, 9.17) is 4.74 Å². The van der Waals surface area contributed by atoms with Crippen LogP contribution < -0.4 is 0 Å². The van der Waals surface area contributed by atoms with E-state index in [2.05, 4.69) is 19.6 Å². The van der Waals surface area contributed by atoms with Crippen LogP contribution >= 0.6 is 0 Å². The molecule has 2 aliphatic rings.